The summed E-state index contributed by atoms with van der Waals surface area (Å²) >= 11 is 0. The lowest BCUT2D eigenvalue weighted by atomic mass is 10.1. The number of benzene rings is 1. The molecule has 2 rings (SSSR count). The summed E-state index contributed by atoms with van der Waals surface area (Å²) in [5.41, 5.74) is 6.89. The Kier molecular flexibility index (Phi) is 3.05. The molecule has 1 aromatic heterocycles. The number of hydrogen-bond acceptors (Lipinski definition) is 4. The normalized spacial score (nSPS) is 10.1. The number of hydrogen-bond donors (Lipinski definition) is 3. The number of anilines is 1. The number of nitrogens with two attached hydrogens (primary N) is 1. The van der Waals surface area contributed by atoms with Crippen molar-refractivity contribution in [3.05, 3.63) is 41.2 Å². The predicted octanol–water partition coefficient (Wildman–Crippen LogP) is 0.464. The van der Waals surface area contributed by atoms with Crippen LogP contribution in [0.5, 0.6) is 0 Å². The Hall–Kier alpha value is -2.70. The van der Waals surface area contributed by atoms with Crippen molar-refractivity contribution < 1.29 is 9.59 Å². The number of nitrogens with zero attached hydrogens (tertiary/aromatic N) is 2. The van der Waals surface area contributed by atoms with E-state index < -0.39 is 11.8 Å². The second kappa shape index (κ2) is 4.66. The topological polar surface area (TPSA) is 114 Å². The second-order valence-corrected chi connectivity index (χ2v) is 3.65. The lowest BCUT2D eigenvalue weighted by Gasteiger charge is -2.09. The molecule has 92 valence electrons. The van der Waals surface area contributed by atoms with Crippen LogP contribution in [0.25, 0.3) is 0 Å². The number of aromatic nitrogens is 3. The summed E-state index contributed by atoms with van der Waals surface area (Å²) < 4.78 is 0. The molecule has 1 heterocycles. The number of aromatic amines is 1. The van der Waals surface area contributed by atoms with Crippen LogP contribution in [0.15, 0.2) is 24.4 Å². The molecule has 18 heavy (non-hydrogen) atoms. The third kappa shape index (κ3) is 2.19. The first-order valence-electron chi connectivity index (χ1n) is 5.16. The van der Waals surface area contributed by atoms with E-state index in [0.29, 0.717) is 16.8 Å². The maximum Gasteiger partial charge on any atom is 0.277 e. The van der Waals surface area contributed by atoms with Gasteiger partial charge in [0.25, 0.3) is 5.91 Å². The summed E-state index contributed by atoms with van der Waals surface area (Å²) in [6.07, 6.45) is 1.31. The molecule has 7 heteroatoms. The molecule has 1 aromatic carbocycles. The molecule has 0 radical (unpaired) electrons. The number of H-pyrrole nitrogens is 1. The largest absolute Gasteiger partial charge is 0.366 e. The SMILES string of the molecule is Cc1c(NC(=O)c2cn[nH]n2)cccc1C(N)=O. The Morgan fingerprint density at radius 2 is 2.17 bits per heavy atom. The lowest BCUT2D eigenvalue weighted by Crippen LogP contribution is -2.17. The molecule has 7 nitrogen and oxygen atoms in total. The van der Waals surface area contributed by atoms with Gasteiger partial charge in [-0.05, 0) is 24.6 Å². The quantitative estimate of drug-likeness (QED) is 0.728. The summed E-state index contributed by atoms with van der Waals surface area (Å²) in [6, 6.07) is 4.93. The molecule has 0 spiro atoms. The first-order valence-corrected chi connectivity index (χ1v) is 5.16. The van der Waals surface area contributed by atoms with Crippen LogP contribution in [-0.4, -0.2) is 27.2 Å². The van der Waals surface area contributed by atoms with E-state index in [9.17, 15) is 9.59 Å². The minimum absolute atomic E-state index is 0.166. The van der Waals surface area contributed by atoms with E-state index in [1.807, 2.05) is 0 Å². The van der Waals surface area contributed by atoms with Gasteiger partial charge in [0.1, 0.15) is 0 Å². The van der Waals surface area contributed by atoms with Crippen molar-refractivity contribution in [2.24, 2.45) is 5.73 Å². The first kappa shape index (κ1) is 11.8. The Morgan fingerprint density at radius 3 is 2.78 bits per heavy atom. The molecule has 0 fully saturated rings. The fourth-order valence-electron chi connectivity index (χ4n) is 1.54. The Balaban J connectivity index is 2.27. The third-order valence-electron chi connectivity index (χ3n) is 2.50. The summed E-state index contributed by atoms with van der Waals surface area (Å²) in [4.78, 5) is 22.9. The van der Waals surface area contributed by atoms with Gasteiger partial charge in [0, 0.05) is 11.3 Å². The number of primary amides is 1. The van der Waals surface area contributed by atoms with E-state index in [2.05, 4.69) is 20.7 Å². The van der Waals surface area contributed by atoms with Crippen molar-refractivity contribution >= 4 is 17.5 Å². The first-order chi connectivity index (χ1) is 8.59. The van der Waals surface area contributed by atoms with Gasteiger partial charge in [-0.3, -0.25) is 9.59 Å². The molecular weight excluding hydrogens is 234 g/mol. The molecule has 0 aliphatic heterocycles. The zero-order valence-corrected chi connectivity index (χ0v) is 9.60. The molecule has 4 N–H and O–H groups in total. The van der Waals surface area contributed by atoms with Gasteiger partial charge in [0.2, 0.25) is 5.91 Å². The zero-order chi connectivity index (χ0) is 13.1. The van der Waals surface area contributed by atoms with Crippen molar-refractivity contribution in [2.75, 3.05) is 5.32 Å². The van der Waals surface area contributed by atoms with Crippen LogP contribution in [0, 0.1) is 6.92 Å². The monoisotopic (exact) mass is 245 g/mol. The molecule has 0 aliphatic carbocycles. The van der Waals surface area contributed by atoms with Gasteiger partial charge < -0.3 is 11.1 Å². The molecule has 0 bridgehead atoms. The van der Waals surface area contributed by atoms with Gasteiger partial charge in [-0.1, -0.05) is 6.07 Å². The van der Waals surface area contributed by atoms with Crippen molar-refractivity contribution in [1.29, 1.82) is 0 Å². The molecule has 0 atom stereocenters. The van der Waals surface area contributed by atoms with E-state index in [1.54, 1.807) is 25.1 Å². The number of carbonyl (C=O) groups is 2. The highest BCUT2D eigenvalue weighted by Crippen LogP contribution is 2.19. The molecule has 0 saturated heterocycles. The summed E-state index contributed by atoms with van der Waals surface area (Å²) in [5, 5.41) is 12.2. The number of rotatable bonds is 3. The average molecular weight is 245 g/mol. The Labute approximate surface area is 102 Å². The maximum absolute atomic E-state index is 11.8. The summed E-state index contributed by atoms with van der Waals surface area (Å²) in [5.74, 6) is -0.946. The molecule has 0 saturated carbocycles. The highest BCUT2D eigenvalue weighted by molar-refractivity contribution is 6.04. The third-order valence-corrected chi connectivity index (χ3v) is 2.50. The Morgan fingerprint density at radius 1 is 1.39 bits per heavy atom. The van der Waals surface area contributed by atoms with Crippen molar-refractivity contribution in [1.82, 2.24) is 15.4 Å². The lowest BCUT2D eigenvalue weighted by molar-refractivity contribution is 0.0995. The smallest absolute Gasteiger partial charge is 0.277 e. The highest BCUT2D eigenvalue weighted by Gasteiger charge is 2.13. The van der Waals surface area contributed by atoms with E-state index >= 15 is 0 Å². The zero-order valence-electron chi connectivity index (χ0n) is 9.60. The maximum atomic E-state index is 11.8. The van der Waals surface area contributed by atoms with Crippen LogP contribution in [0.2, 0.25) is 0 Å². The number of carbonyl (C=O) groups excluding carboxylic acids is 2. The van der Waals surface area contributed by atoms with Crippen LogP contribution in [-0.2, 0) is 0 Å². The Bertz CT molecular complexity index is 591. The molecular formula is C11H11N5O2. The molecule has 2 amide bonds. The van der Waals surface area contributed by atoms with Gasteiger partial charge in [0.05, 0.1) is 6.20 Å². The predicted molar refractivity (Wildman–Crippen MR) is 64.0 cm³/mol. The molecule has 0 aliphatic rings. The van der Waals surface area contributed by atoms with Gasteiger partial charge in [-0.25, -0.2) is 0 Å². The van der Waals surface area contributed by atoms with E-state index in [-0.39, 0.29) is 5.69 Å². The highest BCUT2D eigenvalue weighted by atomic mass is 16.2. The van der Waals surface area contributed by atoms with Gasteiger partial charge in [-0.2, -0.15) is 15.4 Å². The number of nitrogens with one attached hydrogen (secondary N) is 2. The minimum Gasteiger partial charge on any atom is -0.366 e. The number of amides is 2. The summed E-state index contributed by atoms with van der Waals surface area (Å²) in [6.45, 7) is 1.71. The molecule has 2 aromatic rings. The van der Waals surface area contributed by atoms with E-state index in [4.69, 9.17) is 5.73 Å². The molecule has 0 unspecified atom stereocenters. The van der Waals surface area contributed by atoms with Gasteiger partial charge >= 0.3 is 0 Å². The standard InChI is InChI=1S/C11H11N5O2/c1-6-7(10(12)17)3-2-4-8(6)14-11(18)9-5-13-16-15-9/h2-5H,1H3,(H2,12,17)(H,14,18)(H,13,15,16). The minimum atomic E-state index is -0.537. The van der Waals surface area contributed by atoms with Crippen LogP contribution in [0.4, 0.5) is 5.69 Å². The second-order valence-electron chi connectivity index (χ2n) is 3.65. The van der Waals surface area contributed by atoms with E-state index in [0.717, 1.165) is 0 Å². The average Bonchev–Trinajstić information content (AvgIpc) is 2.85. The summed E-state index contributed by atoms with van der Waals surface area (Å²) in [7, 11) is 0. The fourth-order valence-corrected chi connectivity index (χ4v) is 1.54. The van der Waals surface area contributed by atoms with Crippen molar-refractivity contribution in [2.45, 2.75) is 6.92 Å². The van der Waals surface area contributed by atoms with Gasteiger partial charge in [0.15, 0.2) is 5.69 Å². The van der Waals surface area contributed by atoms with Crippen LogP contribution in [0.3, 0.4) is 0 Å². The van der Waals surface area contributed by atoms with Crippen LogP contribution in [0.1, 0.15) is 26.4 Å². The van der Waals surface area contributed by atoms with Gasteiger partial charge in [-0.15, -0.1) is 0 Å². The van der Waals surface area contributed by atoms with Crippen molar-refractivity contribution in [3.8, 4) is 0 Å². The van der Waals surface area contributed by atoms with Crippen LogP contribution < -0.4 is 11.1 Å². The van der Waals surface area contributed by atoms with Crippen LogP contribution >= 0.6 is 0 Å². The van der Waals surface area contributed by atoms with E-state index in [1.165, 1.54) is 6.20 Å². The van der Waals surface area contributed by atoms with Crippen molar-refractivity contribution in [3.63, 3.8) is 0 Å². The fraction of sp³-hybridized carbons (Fsp3) is 0.0909.